The van der Waals surface area contributed by atoms with Gasteiger partial charge in [0.05, 0.1) is 36.5 Å². The molecule has 0 radical (unpaired) electrons. The highest BCUT2D eigenvalue weighted by Crippen LogP contribution is 2.46. The molecular formula is C37H42N8O. The third kappa shape index (κ3) is 5.13. The number of piperazine rings is 1. The molecule has 0 saturated carbocycles. The number of anilines is 3. The number of fused-ring (bicyclic) bond motifs is 2. The van der Waals surface area contributed by atoms with Crippen LogP contribution in [-0.2, 0) is 17.8 Å². The standard InChI is InChI=1S/C37H42N8O/c1-4-33(46)45-20-19-43(22-28(45)11-15-38)35-29-12-16-42(32-10-6-9-27-8-5-7-26(2)34(27)32)23-31(29)40-36(30(35)21-39)44-24-37(25-44)13-17-41(3)18-14-37/h4-10,28H,1,11-14,16-20,22-25H2,2-3H3. The quantitative estimate of drug-likeness (QED) is 0.385. The van der Waals surface area contributed by atoms with Gasteiger partial charge < -0.3 is 24.5 Å². The fraction of sp³-hybridized carbons (Fsp3) is 0.459. The zero-order valence-corrected chi connectivity index (χ0v) is 27.0. The molecule has 4 aliphatic rings. The van der Waals surface area contributed by atoms with Crippen molar-refractivity contribution in [1.82, 2.24) is 14.8 Å². The Labute approximate surface area is 271 Å². The van der Waals surface area contributed by atoms with E-state index in [0.29, 0.717) is 31.7 Å². The minimum atomic E-state index is -0.270. The van der Waals surface area contributed by atoms with E-state index in [2.05, 4.69) is 88.7 Å². The van der Waals surface area contributed by atoms with Crippen LogP contribution in [0, 0.1) is 35.0 Å². The summed E-state index contributed by atoms with van der Waals surface area (Å²) in [7, 11) is 2.19. The number of benzene rings is 2. The number of amides is 1. The number of pyridine rings is 1. The van der Waals surface area contributed by atoms with Crippen molar-refractivity contribution >= 4 is 33.9 Å². The molecule has 5 heterocycles. The van der Waals surface area contributed by atoms with Crippen LogP contribution in [0.1, 0.15) is 41.6 Å². The molecular weight excluding hydrogens is 572 g/mol. The Morgan fingerprint density at radius 2 is 1.80 bits per heavy atom. The highest BCUT2D eigenvalue weighted by atomic mass is 16.2. The van der Waals surface area contributed by atoms with Crippen molar-refractivity contribution < 1.29 is 4.79 Å². The number of carbonyl (C=O) groups excluding carboxylic acids is 1. The number of aryl methyl sites for hydroxylation is 1. The monoisotopic (exact) mass is 614 g/mol. The van der Waals surface area contributed by atoms with Gasteiger partial charge in [0.15, 0.2) is 0 Å². The lowest BCUT2D eigenvalue weighted by molar-refractivity contribution is -0.128. The molecule has 0 bridgehead atoms. The first kappa shape index (κ1) is 30.1. The van der Waals surface area contributed by atoms with E-state index in [1.807, 2.05) is 0 Å². The molecule has 1 spiro atoms. The van der Waals surface area contributed by atoms with Gasteiger partial charge in [-0.25, -0.2) is 4.98 Å². The Morgan fingerprint density at radius 1 is 1.04 bits per heavy atom. The normalized spacial score (nSPS) is 21.0. The molecule has 7 rings (SSSR count). The van der Waals surface area contributed by atoms with Crippen LogP contribution in [0.2, 0.25) is 0 Å². The molecule has 4 aliphatic heterocycles. The zero-order chi connectivity index (χ0) is 32.0. The molecule has 1 aromatic heterocycles. The number of carbonyl (C=O) groups is 1. The van der Waals surface area contributed by atoms with Gasteiger partial charge in [0.1, 0.15) is 17.5 Å². The van der Waals surface area contributed by atoms with Gasteiger partial charge in [0.25, 0.3) is 0 Å². The van der Waals surface area contributed by atoms with Gasteiger partial charge in [-0.2, -0.15) is 10.5 Å². The lowest BCUT2D eigenvalue weighted by Crippen LogP contribution is -2.60. The van der Waals surface area contributed by atoms with E-state index in [9.17, 15) is 15.3 Å². The molecule has 2 aromatic carbocycles. The lowest BCUT2D eigenvalue weighted by atomic mass is 9.72. The van der Waals surface area contributed by atoms with Gasteiger partial charge in [-0.3, -0.25) is 4.79 Å². The Bertz CT molecular complexity index is 1770. The second-order valence-corrected chi connectivity index (χ2v) is 13.7. The maximum atomic E-state index is 12.7. The summed E-state index contributed by atoms with van der Waals surface area (Å²) in [4.78, 5) is 29.2. The SMILES string of the molecule is C=CC(=O)N1CCN(c2c(C#N)c(N3CC4(CCN(C)CC4)C3)nc3c2CCN(c2cccc4cccc(C)c24)C3)CC1CC#N. The molecule has 3 saturated heterocycles. The zero-order valence-electron chi connectivity index (χ0n) is 27.0. The molecule has 9 heteroatoms. The van der Waals surface area contributed by atoms with Crippen LogP contribution < -0.4 is 14.7 Å². The minimum absolute atomic E-state index is 0.150. The van der Waals surface area contributed by atoms with E-state index in [-0.39, 0.29) is 23.8 Å². The molecule has 1 amide bonds. The first-order valence-corrected chi connectivity index (χ1v) is 16.5. The number of nitriles is 2. The number of piperidine rings is 1. The van der Waals surface area contributed by atoms with Gasteiger partial charge in [-0.15, -0.1) is 0 Å². The van der Waals surface area contributed by atoms with Crippen LogP contribution in [0.15, 0.2) is 49.1 Å². The van der Waals surface area contributed by atoms with E-state index in [0.717, 1.165) is 61.9 Å². The summed E-state index contributed by atoms with van der Waals surface area (Å²) in [5.74, 6) is 0.640. The van der Waals surface area contributed by atoms with Gasteiger partial charge in [-0.1, -0.05) is 36.9 Å². The largest absolute Gasteiger partial charge is 0.366 e. The Balaban J connectivity index is 1.29. The first-order chi connectivity index (χ1) is 22.3. The van der Waals surface area contributed by atoms with E-state index >= 15 is 0 Å². The highest BCUT2D eigenvalue weighted by molar-refractivity contribution is 5.97. The summed E-state index contributed by atoms with van der Waals surface area (Å²) in [6.07, 6.45) is 4.67. The number of rotatable bonds is 5. The van der Waals surface area contributed by atoms with Crippen LogP contribution in [-0.4, -0.2) is 86.1 Å². The van der Waals surface area contributed by atoms with Crippen LogP contribution in [0.3, 0.4) is 0 Å². The summed E-state index contributed by atoms with van der Waals surface area (Å²) in [5.41, 5.74) is 6.50. The second-order valence-electron chi connectivity index (χ2n) is 13.7. The molecule has 236 valence electrons. The van der Waals surface area contributed by atoms with Gasteiger partial charge in [0, 0.05) is 61.3 Å². The maximum absolute atomic E-state index is 12.7. The average Bonchev–Trinajstić information content (AvgIpc) is 3.06. The van der Waals surface area contributed by atoms with Crippen LogP contribution in [0.4, 0.5) is 17.2 Å². The molecule has 1 unspecified atom stereocenters. The van der Waals surface area contributed by atoms with Gasteiger partial charge in [-0.05, 0) is 69.4 Å². The fourth-order valence-corrected chi connectivity index (χ4v) is 8.27. The average molecular weight is 615 g/mol. The van der Waals surface area contributed by atoms with Crippen LogP contribution in [0.25, 0.3) is 10.8 Å². The van der Waals surface area contributed by atoms with E-state index < -0.39 is 0 Å². The van der Waals surface area contributed by atoms with E-state index in [4.69, 9.17) is 4.98 Å². The van der Waals surface area contributed by atoms with Crippen molar-refractivity contribution in [1.29, 1.82) is 10.5 Å². The van der Waals surface area contributed by atoms with Crippen molar-refractivity contribution in [2.45, 2.75) is 45.2 Å². The lowest BCUT2D eigenvalue weighted by Gasteiger charge is -2.54. The van der Waals surface area contributed by atoms with Gasteiger partial charge in [0.2, 0.25) is 5.91 Å². The number of hydrogen-bond acceptors (Lipinski definition) is 8. The third-order valence-corrected chi connectivity index (χ3v) is 10.8. The summed E-state index contributed by atoms with van der Waals surface area (Å²) in [5, 5.41) is 22.9. The molecule has 9 nitrogen and oxygen atoms in total. The molecule has 0 aliphatic carbocycles. The van der Waals surface area contributed by atoms with Gasteiger partial charge >= 0.3 is 0 Å². The van der Waals surface area contributed by atoms with Crippen molar-refractivity contribution in [3.8, 4) is 12.1 Å². The minimum Gasteiger partial charge on any atom is -0.366 e. The van der Waals surface area contributed by atoms with E-state index in [1.165, 1.54) is 40.9 Å². The number of nitrogens with zero attached hydrogens (tertiary/aromatic N) is 8. The molecule has 1 atom stereocenters. The van der Waals surface area contributed by atoms with Crippen LogP contribution in [0.5, 0.6) is 0 Å². The molecule has 3 fully saturated rings. The first-order valence-electron chi connectivity index (χ1n) is 16.5. The maximum Gasteiger partial charge on any atom is 0.246 e. The topological polar surface area (TPSA) is 93.7 Å². The molecule has 46 heavy (non-hydrogen) atoms. The van der Waals surface area contributed by atoms with Crippen molar-refractivity contribution in [3.63, 3.8) is 0 Å². The third-order valence-electron chi connectivity index (χ3n) is 10.8. The molecule has 3 aromatic rings. The Hall–Kier alpha value is -4.60. The predicted octanol–water partition coefficient (Wildman–Crippen LogP) is 4.63. The van der Waals surface area contributed by atoms with E-state index in [1.54, 1.807) is 4.90 Å². The summed E-state index contributed by atoms with van der Waals surface area (Å²) in [6.45, 7) is 13.0. The summed E-state index contributed by atoms with van der Waals surface area (Å²) in [6, 6.07) is 17.6. The fourth-order valence-electron chi connectivity index (χ4n) is 8.27. The predicted molar refractivity (Wildman–Crippen MR) is 182 cm³/mol. The number of likely N-dealkylation sites (tertiary alicyclic amines) is 1. The van der Waals surface area contributed by atoms with Crippen molar-refractivity contribution in [3.05, 3.63) is 71.4 Å². The van der Waals surface area contributed by atoms with Crippen molar-refractivity contribution in [2.24, 2.45) is 5.41 Å². The molecule has 0 N–H and O–H groups in total. The summed E-state index contributed by atoms with van der Waals surface area (Å²) < 4.78 is 0. The summed E-state index contributed by atoms with van der Waals surface area (Å²) >= 11 is 0. The number of hydrogen-bond donors (Lipinski definition) is 0. The Morgan fingerprint density at radius 3 is 2.52 bits per heavy atom. The Kier molecular flexibility index (Phi) is 7.82. The van der Waals surface area contributed by atoms with Crippen LogP contribution >= 0.6 is 0 Å². The highest BCUT2D eigenvalue weighted by Gasteiger charge is 2.46. The smallest absolute Gasteiger partial charge is 0.246 e. The second kappa shape index (κ2) is 12.0. The van der Waals surface area contributed by atoms with Crippen molar-refractivity contribution in [2.75, 3.05) is 74.1 Å². The number of aromatic nitrogens is 1.